The van der Waals surface area contributed by atoms with Crippen molar-refractivity contribution in [1.82, 2.24) is 0 Å². The lowest BCUT2D eigenvalue weighted by Gasteiger charge is -1.98. The van der Waals surface area contributed by atoms with Crippen LogP contribution in [-0.2, 0) is 4.74 Å². The Kier molecular flexibility index (Phi) is 1.55. The minimum absolute atomic E-state index is 0.155. The molecule has 14 heavy (non-hydrogen) atoms. The predicted molar refractivity (Wildman–Crippen MR) is 50.4 cm³/mol. The first-order valence-electron chi connectivity index (χ1n) is 4.56. The minimum Gasteiger partial charge on any atom is -0.454 e. The van der Waals surface area contributed by atoms with Gasteiger partial charge in [-0.1, -0.05) is 12.1 Å². The standard InChI is InChI=1S/C11H10O3/c1-2-8-11(14-8)7-3-4-9-10(5-7)13-6-12-9/h2-5,8,11H,1,6H2. The average molecular weight is 190 g/mol. The summed E-state index contributed by atoms with van der Waals surface area (Å²) in [4.78, 5) is 0. The van der Waals surface area contributed by atoms with Crippen LogP contribution in [0.1, 0.15) is 11.7 Å². The summed E-state index contributed by atoms with van der Waals surface area (Å²) in [5.41, 5.74) is 1.12. The van der Waals surface area contributed by atoms with E-state index in [4.69, 9.17) is 14.2 Å². The Morgan fingerprint density at radius 2 is 2.14 bits per heavy atom. The minimum atomic E-state index is 0.155. The van der Waals surface area contributed by atoms with Crippen molar-refractivity contribution >= 4 is 0 Å². The molecule has 3 heteroatoms. The SMILES string of the molecule is C=CC1OC1c1ccc2c(c1)OCO2. The van der Waals surface area contributed by atoms with Crippen LogP contribution in [-0.4, -0.2) is 12.9 Å². The molecule has 0 amide bonds. The fourth-order valence-corrected chi connectivity index (χ4v) is 1.66. The Morgan fingerprint density at radius 1 is 1.29 bits per heavy atom. The van der Waals surface area contributed by atoms with E-state index in [0.717, 1.165) is 17.1 Å². The summed E-state index contributed by atoms with van der Waals surface area (Å²) in [5, 5.41) is 0. The Hall–Kier alpha value is -1.48. The number of benzene rings is 1. The van der Waals surface area contributed by atoms with E-state index in [1.54, 1.807) is 0 Å². The van der Waals surface area contributed by atoms with Gasteiger partial charge >= 0.3 is 0 Å². The second kappa shape index (κ2) is 2.75. The number of rotatable bonds is 2. The van der Waals surface area contributed by atoms with Gasteiger partial charge in [-0.2, -0.15) is 0 Å². The summed E-state index contributed by atoms with van der Waals surface area (Å²) >= 11 is 0. The smallest absolute Gasteiger partial charge is 0.231 e. The molecular formula is C11H10O3. The fraction of sp³-hybridized carbons (Fsp3) is 0.273. The maximum Gasteiger partial charge on any atom is 0.231 e. The van der Waals surface area contributed by atoms with E-state index in [9.17, 15) is 0 Å². The van der Waals surface area contributed by atoms with Gasteiger partial charge in [-0.05, 0) is 17.7 Å². The van der Waals surface area contributed by atoms with Crippen LogP contribution in [0.2, 0.25) is 0 Å². The topological polar surface area (TPSA) is 31.0 Å². The molecule has 0 saturated carbocycles. The van der Waals surface area contributed by atoms with Crippen molar-refractivity contribution in [3.05, 3.63) is 36.4 Å². The molecule has 0 aliphatic carbocycles. The maximum absolute atomic E-state index is 5.40. The molecule has 2 aliphatic rings. The van der Waals surface area contributed by atoms with Gasteiger partial charge in [0, 0.05) is 0 Å². The van der Waals surface area contributed by atoms with Gasteiger partial charge in [0.2, 0.25) is 6.79 Å². The van der Waals surface area contributed by atoms with Crippen LogP contribution in [0.5, 0.6) is 11.5 Å². The summed E-state index contributed by atoms with van der Waals surface area (Å²) < 4.78 is 15.9. The van der Waals surface area contributed by atoms with Crippen molar-refractivity contribution in [3.8, 4) is 11.5 Å². The highest BCUT2D eigenvalue weighted by atomic mass is 16.7. The highest BCUT2D eigenvalue weighted by Crippen LogP contribution is 2.43. The van der Waals surface area contributed by atoms with Crippen molar-refractivity contribution in [3.63, 3.8) is 0 Å². The number of epoxide rings is 1. The van der Waals surface area contributed by atoms with Crippen LogP contribution in [0.15, 0.2) is 30.9 Å². The van der Waals surface area contributed by atoms with Crippen LogP contribution < -0.4 is 9.47 Å². The summed E-state index contributed by atoms with van der Waals surface area (Å²) in [6.07, 6.45) is 2.13. The maximum atomic E-state index is 5.40. The normalized spacial score (nSPS) is 27.4. The third-order valence-corrected chi connectivity index (χ3v) is 2.48. The molecule has 0 aromatic heterocycles. The van der Waals surface area contributed by atoms with E-state index >= 15 is 0 Å². The van der Waals surface area contributed by atoms with Gasteiger partial charge in [0.05, 0.1) is 0 Å². The zero-order chi connectivity index (χ0) is 9.54. The number of ether oxygens (including phenoxy) is 3. The monoisotopic (exact) mass is 190 g/mol. The van der Waals surface area contributed by atoms with Gasteiger partial charge in [0.25, 0.3) is 0 Å². The van der Waals surface area contributed by atoms with Crippen molar-refractivity contribution in [2.75, 3.05) is 6.79 Å². The number of fused-ring (bicyclic) bond motifs is 1. The zero-order valence-corrected chi connectivity index (χ0v) is 7.60. The van der Waals surface area contributed by atoms with Crippen LogP contribution in [0.3, 0.4) is 0 Å². The van der Waals surface area contributed by atoms with E-state index in [-0.39, 0.29) is 12.2 Å². The molecule has 1 saturated heterocycles. The Morgan fingerprint density at radius 3 is 2.93 bits per heavy atom. The summed E-state index contributed by atoms with van der Waals surface area (Å²) in [6, 6.07) is 5.89. The van der Waals surface area contributed by atoms with E-state index in [0.29, 0.717) is 6.79 Å². The molecule has 2 aliphatic heterocycles. The Labute approximate surface area is 81.9 Å². The molecule has 1 aromatic carbocycles. The van der Waals surface area contributed by atoms with E-state index < -0.39 is 0 Å². The quantitative estimate of drug-likeness (QED) is 0.528. The lowest BCUT2D eigenvalue weighted by atomic mass is 10.1. The molecule has 1 aromatic rings. The van der Waals surface area contributed by atoms with E-state index in [1.165, 1.54) is 0 Å². The second-order valence-electron chi connectivity index (χ2n) is 3.37. The molecule has 0 spiro atoms. The Bertz CT molecular complexity index is 386. The number of hydrogen-bond donors (Lipinski definition) is 0. The van der Waals surface area contributed by atoms with Crippen LogP contribution in [0, 0.1) is 0 Å². The van der Waals surface area contributed by atoms with Crippen molar-refractivity contribution in [2.24, 2.45) is 0 Å². The van der Waals surface area contributed by atoms with E-state index in [1.807, 2.05) is 24.3 Å². The Balaban J connectivity index is 1.90. The molecule has 72 valence electrons. The van der Waals surface area contributed by atoms with Gasteiger partial charge < -0.3 is 14.2 Å². The molecule has 3 nitrogen and oxygen atoms in total. The summed E-state index contributed by atoms with van der Waals surface area (Å²) in [6.45, 7) is 4.00. The van der Waals surface area contributed by atoms with Crippen molar-refractivity contribution < 1.29 is 14.2 Å². The van der Waals surface area contributed by atoms with E-state index in [2.05, 4.69) is 6.58 Å². The highest BCUT2D eigenvalue weighted by Gasteiger charge is 2.38. The number of hydrogen-bond acceptors (Lipinski definition) is 3. The fourth-order valence-electron chi connectivity index (χ4n) is 1.66. The van der Waals surface area contributed by atoms with Crippen LogP contribution in [0.4, 0.5) is 0 Å². The first-order valence-corrected chi connectivity index (χ1v) is 4.56. The molecule has 3 rings (SSSR count). The lowest BCUT2D eigenvalue weighted by Crippen LogP contribution is -1.92. The summed E-state index contributed by atoms with van der Waals surface area (Å²) in [7, 11) is 0. The third kappa shape index (κ3) is 1.09. The largest absolute Gasteiger partial charge is 0.454 e. The van der Waals surface area contributed by atoms with Crippen LogP contribution in [0.25, 0.3) is 0 Å². The van der Waals surface area contributed by atoms with Gasteiger partial charge in [0.15, 0.2) is 11.5 Å². The van der Waals surface area contributed by atoms with Gasteiger partial charge in [-0.25, -0.2) is 0 Å². The van der Waals surface area contributed by atoms with Crippen LogP contribution >= 0.6 is 0 Å². The second-order valence-corrected chi connectivity index (χ2v) is 3.37. The zero-order valence-electron chi connectivity index (χ0n) is 7.60. The molecule has 2 heterocycles. The molecule has 2 unspecified atom stereocenters. The average Bonchev–Trinajstić information content (AvgIpc) is 2.87. The van der Waals surface area contributed by atoms with Gasteiger partial charge in [-0.3, -0.25) is 0 Å². The molecule has 0 N–H and O–H groups in total. The predicted octanol–water partition coefficient (Wildman–Crippen LogP) is 2.04. The first-order chi connectivity index (χ1) is 6.88. The van der Waals surface area contributed by atoms with Gasteiger partial charge in [0.1, 0.15) is 12.2 Å². The van der Waals surface area contributed by atoms with Crippen molar-refractivity contribution in [1.29, 1.82) is 0 Å². The molecular weight excluding hydrogens is 180 g/mol. The van der Waals surface area contributed by atoms with Crippen molar-refractivity contribution in [2.45, 2.75) is 12.2 Å². The molecule has 0 bridgehead atoms. The molecule has 1 fully saturated rings. The summed E-state index contributed by atoms with van der Waals surface area (Å²) in [5.74, 6) is 1.62. The third-order valence-electron chi connectivity index (χ3n) is 2.48. The van der Waals surface area contributed by atoms with Gasteiger partial charge in [-0.15, -0.1) is 6.58 Å². The molecule has 0 radical (unpaired) electrons. The highest BCUT2D eigenvalue weighted by molar-refractivity contribution is 5.46. The molecule has 2 atom stereocenters. The first kappa shape index (κ1) is 7.88. The lowest BCUT2D eigenvalue weighted by molar-refractivity contribution is 0.174.